The summed E-state index contributed by atoms with van der Waals surface area (Å²) in [6.07, 6.45) is 16.4. The number of benzene rings is 2. The predicted molar refractivity (Wildman–Crippen MR) is 192 cm³/mol. The van der Waals surface area contributed by atoms with E-state index in [4.69, 9.17) is 10.5 Å². The molecule has 1 fully saturated rings. The van der Waals surface area contributed by atoms with Gasteiger partial charge in [0, 0.05) is 19.3 Å². The van der Waals surface area contributed by atoms with E-state index in [1.165, 1.54) is 74.8 Å². The summed E-state index contributed by atoms with van der Waals surface area (Å²) in [4.78, 5) is 42.7. The van der Waals surface area contributed by atoms with Gasteiger partial charge in [0.2, 0.25) is 0 Å². The van der Waals surface area contributed by atoms with E-state index in [1.807, 2.05) is 6.07 Å². The van der Waals surface area contributed by atoms with E-state index in [2.05, 4.69) is 71.5 Å². The Labute approximate surface area is 300 Å². The molecule has 0 bridgehead atoms. The van der Waals surface area contributed by atoms with Crippen molar-refractivity contribution >= 4 is 24.9 Å². The van der Waals surface area contributed by atoms with Crippen molar-refractivity contribution < 1.29 is 47.6 Å². The monoisotopic (exact) mass is 706 g/mol. The molecule has 2 aromatic rings. The number of allylic oxidation sites excluding steroid dienone is 4. The fraction of sp³-hybridized carbons (Fsp3) is 0.385. The molecule has 0 saturated carbocycles. The SMILES string of the molecule is C1CCOC1.CO/C=C/C=C(\COC=O)C(=O)OC.COC(=O)/C(=C/C=C/N[C@@H]1CCc2ccccc21)COC=O.N[C@@H]1CCc2ccccc21. The molecular weight excluding hydrogens is 656 g/mol. The number of esters is 2. The molecule has 0 radical (unpaired) electrons. The Morgan fingerprint density at radius 3 is 1.82 bits per heavy atom. The topological polar surface area (TPSA) is 162 Å². The summed E-state index contributed by atoms with van der Waals surface area (Å²) in [5.74, 6) is -1.06. The van der Waals surface area contributed by atoms with Gasteiger partial charge in [-0.3, -0.25) is 9.59 Å². The third-order valence-electron chi connectivity index (χ3n) is 7.85. The van der Waals surface area contributed by atoms with Gasteiger partial charge in [-0.25, -0.2) is 9.59 Å². The van der Waals surface area contributed by atoms with Crippen LogP contribution in [0.1, 0.15) is 60.0 Å². The van der Waals surface area contributed by atoms with E-state index in [1.54, 1.807) is 18.4 Å². The second kappa shape index (κ2) is 25.7. The van der Waals surface area contributed by atoms with Crippen molar-refractivity contribution in [1.29, 1.82) is 0 Å². The van der Waals surface area contributed by atoms with Crippen LogP contribution in [0.3, 0.4) is 0 Å². The van der Waals surface area contributed by atoms with Gasteiger partial charge in [-0.05, 0) is 91.3 Å². The van der Waals surface area contributed by atoms with Crippen LogP contribution in [-0.4, -0.2) is 72.6 Å². The number of carbonyl (C=O) groups excluding carboxylic acids is 4. The highest BCUT2D eigenvalue weighted by molar-refractivity contribution is 5.89. The first-order valence-corrected chi connectivity index (χ1v) is 16.7. The molecule has 12 nitrogen and oxygen atoms in total. The normalized spacial score (nSPS) is 17.3. The number of ether oxygens (including phenoxy) is 6. The van der Waals surface area contributed by atoms with Gasteiger partial charge < -0.3 is 39.5 Å². The number of aryl methyl sites for hydroxylation is 2. The number of fused-ring (bicyclic) bond motifs is 2. The van der Waals surface area contributed by atoms with Gasteiger partial charge in [0.15, 0.2) is 0 Å². The van der Waals surface area contributed by atoms with Crippen molar-refractivity contribution in [2.24, 2.45) is 5.73 Å². The van der Waals surface area contributed by atoms with E-state index >= 15 is 0 Å². The minimum absolute atomic E-state index is 0.104. The average Bonchev–Trinajstić information content (AvgIpc) is 3.96. The van der Waals surface area contributed by atoms with Crippen LogP contribution in [0.2, 0.25) is 0 Å². The quantitative estimate of drug-likeness (QED) is 0.0725. The molecule has 1 heterocycles. The van der Waals surface area contributed by atoms with Crippen LogP contribution in [0.4, 0.5) is 0 Å². The molecule has 0 aromatic heterocycles. The van der Waals surface area contributed by atoms with Crippen LogP contribution in [0.5, 0.6) is 0 Å². The maximum atomic E-state index is 11.5. The molecule has 2 atom stereocenters. The lowest BCUT2D eigenvalue weighted by Gasteiger charge is -2.11. The minimum Gasteiger partial charge on any atom is -0.504 e. The molecule has 2 aromatic carbocycles. The average molecular weight is 707 g/mol. The Kier molecular flexibility index (Phi) is 21.2. The second-order valence-corrected chi connectivity index (χ2v) is 11.2. The summed E-state index contributed by atoms with van der Waals surface area (Å²) in [5.41, 5.74) is 11.8. The van der Waals surface area contributed by atoms with Crippen LogP contribution in [-0.2, 0) is 60.4 Å². The standard InChI is InChI=1S/C17H19NO4.C9H11N.C9H12O5.C4H8O/c1-21-17(20)14(11-22-12-19)6-4-10-18-16-9-8-13-5-2-3-7-15(13)16;10-9-6-5-7-3-1-2-4-8(7)9;1-12-5-3-4-8(6-14-7-10)9(11)13-2;1-2-4-5-3-1/h2-7,10,12,16,18H,8-9,11H2,1H3;1-4,9H,5-6,10H2;3-5,7H,6H2,1-2H3;1-4H2/b10-4+,14-6+;;5-3+,8-4+;/t16-;9-;;/m11../s1. The Balaban J connectivity index is 0.000000264. The van der Waals surface area contributed by atoms with Gasteiger partial charge in [0.1, 0.15) is 13.2 Å². The molecule has 0 unspecified atom stereocenters. The molecule has 12 heteroatoms. The minimum atomic E-state index is -0.549. The van der Waals surface area contributed by atoms with Gasteiger partial charge >= 0.3 is 11.9 Å². The molecule has 51 heavy (non-hydrogen) atoms. The summed E-state index contributed by atoms with van der Waals surface area (Å²) in [6.45, 7) is 2.34. The summed E-state index contributed by atoms with van der Waals surface area (Å²) in [7, 11) is 4.01. The Morgan fingerprint density at radius 1 is 0.784 bits per heavy atom. The van der Waals surface area contributed by atoms with Crippen molar-refractivity contribution in [1.82, 2.24) is 5.32 Å². The number of hydrogen-bond donors (Lipinski definition) is 2. The van der Waals surface area contributed by atoms with Crippen molar-refractivity contribution in [2.45, 2.75) is 50.6 Å². The number of methoxy groups -OCH3 is 3. The Morgan fingerprint density at radius 2 is 1.31 bits per heavy atom. The molecule has 3 N–H and O–H groups in total. The van der Waals surface area contributed by atoms with Crippen molar-refractivity contribution in [2.75, 3.05) is 47.8 Å². The fourth-order valence-electron chi connectivity index (χ4n) is 5.26. The number of rotatable bonds is 13. The second-order valence-electron chi connectivity index (χ2n) is 11.2. The number of carbonyl (C=O) groups is 4. The lowest BCUT2D eigenvalue weighted by atomic mass is 10.1. The first-order chi connectivity index (χ1) is 24.9. The van der Waals surface area contributed by atoms with Crippen molar-refractivity contribution in [3.8, 4) is 0 Å². The summed E-state index contributed by atoms with van der Waals surface area (Å²) in [6, 6.07) is 17.4. The van der Waals surface area contributed by atoms with Gasteiger partial charge in [-0.2, -0.15) is 0 Å². The molecule has 3 aliphatic rings. The summed E-state index contributed by atoms with van der Waals surface area (Å²) < 4.78 is 27.7. The first-order valence-electron chi connectivity index (χ1n) is 16.7. The molecular formula is C39H50N2O10. The zero-order valence-corrected chi connectivity index (χ0v) is 29.6. The highest BCUT2D eigenvalue weighted by Gasteiger charge is 2.20. The fourth-order valence-corrected chi connectivity index (χ4v) is 5.26. The van der Waals surface area contributed by atoms with Gasteiger partial charge in [0.25, 0.3) is 12.9 Å². The van der Waals surface area contributed by atoms with E-state index in [0.717, 1.165) is 38.9 Å². The van der Waals surface area contributed by atoms with Gasteiger partial charge in [0.05, 0.1) is 44.8 Å². The highest BCUT2D eigenvalue weighted by atomic mass is 16.5. The third-order valence-corrected chi connectivity index (χ3v) is 7.85. The molecule has 1 aliphatic heterocycles. The Hall–Kier alpha value is -5.20. The van der Waals surface area contributed by atoms with Gasteiger partial charge in [-0.1, -0.05) is 48.5 Å². The van der Waals surface area contributed by atoms with E-state index in [0.29, 0.717) is 12.5 Å². The van der Waals surface area contributed by atoms with Crippen LogP contribution in [0.25, 0.3) is 0 Å². The van der Waals surface area contributed by atoms with E-state index < -0.39 is 11.9 Å². The van der Waals surface area contributed by atoms with Crippen molar-refractivity contribution in [3.05, 3.63) is 119 Å². The zero-order valence-electron chi connectivity index (χ0n) is 29.6. The first kappa shape index (κ1) is 42.0. The van der Waals surface area contributed by atoms with E-state index in [9.17, 15) is 19.2 Å². The van der Waals surface area contributed by atoms with Crippen molar-refractivity contribution in [3.63, 3.8) is 0 Å². The Bertz CT molecular complexity index is 1470. The zero-order chi connectivity index (χ0) is 37.1. The number of hydrogen-bond acceptors (Lipinski definition) is 12. The summed E-state index contributed by atoms with van der Waals surface area (Å²) >= 11 is 0. The highest BCUT2D eigenvalue weighted by Crippen LogP contribution is 2.30. The summed E-state index contributed by atoms with van der Waals surface area (Å²) in [5, 5.41) is 3.32. The lowest BCUT2D eigenvalue weighted by molar-refractivity contribution is -0.139. The number of nitrogens with two attached hydrogens (primary N) is 1. The maximum Gasteiger partial charge on any atom is 0.337 e. The smallest absolute Gasteiger partial charge is 0.337 e. The molecule has 2 aliphatic carbocycles. The third kappa shape index (κ3) is 15.9. The maximum absolute atomic E-state index is 11.5. The number of nitrogens with one attached hydrogen (secondary N) is 1. The molecule has 1 saturated heterocycles. The van der Waals surface area contributed by atoms with E-state index in [-0.39, 0.29) is 36.9 Å². The van der Waals surface area contributed by atoms with Crippen LogP contribution < -0.4 is 11.1 Å². The largest absolute Gasteiger partial charge is 0.504 e. The van der Waals surface area contributed by atoms with Crippen LogP contribution in [0.15, 0.2) is 96.4 Å². The van der Waals surface area contributed by atoms with Gasteiger partial charge in [-0.15, -0.1) is 0 Å². The molecule has 0 amide bonds. The predicted octanol–water partition coefficient (Wildman–Crippen LogP) is 4.90. The lowest BCUT2D eigenvalue weighted by Crippen LogP contribution is -2.12. The molecule has 0 spiro atoms. The van der Waals surface area contributed by atoms with Crippen LogP contribution >= 0.6 is 0 Å². The van der Waals surface area contributed by atoms with Crippen LogP contribution in [0, 0.1) is 0 Å². The molecule has 5 rings (SSSR count). The molecule has 276 valence electrons.